The molecule has 0 aliphatic heterocycles. The molecule has 3 rings (SSSR count). The highest BCUT2D eigenvalue weighted by molar-refractivity contribution is 9.09. The van der Waals surface area contributed by atoms with Gasteiger partial charge in [-0.25, -0.2) is 0 Å². The van der Waals surface area contributed by atoms with Crippen molar-refractivity contribution >= 4 is 47.4 Å². The summed E-state index contributed by atoms with van der Waals surface area (Å²) < 4.78 is 2.14. The molecule has 0 fully saturated rings. The van der Waals surface area contributed by atoms with Gasteiger partial charge in [-0.1, -0.05) is 40.2 Å². The van der Waals surface area contributed by atoms with Crippen LogP contribution < -0.4 is 5.43 Å². The normalized spacial score (nSPS) is 11.2. The molecule has 1 aromatic heterocycles. The monoisotopic (exact) mass is 318 g/mol. The maximum Gasteiger partial charge on any atom is 0.196 e. The molecule has 0 amide bonds. The number of fused-ring (bicyclic) bond motifs is 2. The van der Waals surface area contributed by atoms with Crippen LogP contribution in [0.1, 0.15) is 5.56 Å². The number of alkyl halides is 1. The molecule has 0 aliphatic rings. The van der Waals surface area contributed by atoms with Crippen LogP contribution in [0.25, 0.3) is 20.2 Å². The molecule has 0 saturated carbocycles. The Labute approximate surface area is 117 Å². The van der Waals surface area contributed by atoms with Crippen molar-refractivity contribution in [3.63, 3.8) is 0 Å². The van der Waals surface area contributed by atoms with Gasteiger partial charge >= 0.3 is 0 Å². The lowest BCUT2D eigenvalue weighted by atomic mass is 10.1. The van der Waals surface area contributed by atoms with Gasteiger partial charge < -0.3 is 0 Å². The summed E-state index contributed by atoms with van der Waals surface area (Å²) in [6.07, 6.45) is 0.887. The number of rotatable bonds is 2. The van der Waals surface area contributed by atoms with E-state index in [0.717, 1.165) is 37.5 Å². The first-order valence-electron chi connectivity index (χ1n) is 5.80. The van der Waals surface area contributed by atoms with Crippen molar-refractivity contribution in [2.24, 2.45) is 0 Å². The lowest BCUT2D eigenvalue weighted by molar-refractivity contribution is 1.19. The van der Waals surface area contributed by atoms with Crippen molar-refractivity contribution in [2.75, 3.05) is 5.33 Å². The van der Waals surface area contributed by atoms with E-state index in [0.29, 0.717) is 0 Å². The van der Waals surface area contributed by atoms with Crippen LogP contribution >= 0.6 is 27.3 Å². The Morgan fingerprint density at radius 1 is 1.00 bits per heavy atom. The topological polar surface area (TPSA) is 17.1 Å². The quantitative estimate of drug-likeness (QED) is 0.507. The van der Waals surface area contributed by atoms with Crippen LogP contribution in [0.3, 0.4) is 0 Å². The molecule has 18 heavy (non-hydrogen) atoms. The van der Waals surface area contributed by atoms with Crippen LogP contribution in [0.15, 0.2) is 47.3 Å². The first-order chi connectivity index (χ1) is 8.81. The second-order valence-electron chi connectivity index (χ2n) is 4.16. The fraction of sp³-hybridized carbons (Fsp3) is 0.133. The number of hydrogen-bond acceptors (Lipinski definition) is 2. The molecule has 0 unspecified atom stereocenters. The van der Waals surface area contributed by atoms with E-state index >= 15 is 0 Å². The summed E-state index contributed by atoms with van der Waals surface area (Å²) in [5, 5.41) is 2.60. The number of hydrogen-bond donors (Lipinski definition) is 0. The van der Waals surface area contributed by atoms with Crippen LogP contribution in [0.5, 0.6) is 0 Å². The summed E-state index contributed by atoms with van der Waals surface area (Å²) in [6.45, 7) is 0. The van der Waals surface area contributed by atoms with Crippen LogP contribution in [-0.2, 0) is 6.42 Å². The molecule has 0 N–H and O–H groups in total. The summed E-state index contributed by atoms with van der Waals surface area (Å²) in [5.74, 6) is 0. The van der Waals surface area contributed by atoms with Gasteiger partial charge in [0.15, 0.2) is 5.43 Å². The number of benzene rings is 2. The molecule has 1 heterocycles. The Balaban J connectivity index is 2.49. The Hall–Kier alpha value is -1.19. The highest BCUT2D eigenvalue weighted by atomic mass is 79.9. The van der Waals surface area contributed by atoms with E-state index in [1.807, 2.05) is 42.5 Å². The Bertz CT molecular complexity index is 776. The van der Waals surface area contributed by atoms with Gasteiger partial charge in [-0.2, -0.15) is 0 Å². The Morgan fingerprint density at radius 2 is 1.78 bits per heavy atom. The zero-order valence-electron chi connectivity index (χ0n) is 9.65. The molecule has 2 aromatic carbocycles. The zero-order valence-corrected chi connectivity index (χ0v) is 12.1. The average molecular weight is 319 g/mol. The minimum atomic E-state index is 0.163. The van der Waals surface area contributed by atoms with Gasteiger partial charge in [0.1, 0.15) is 0 Å². The molecule has 3 heteroatoms. The number of aryl methyl sites for hydroxylation is 1. The maximum absolute atomic E-state index is 12.6. The van der Waals surface area contributed by atoms with Crippen molar-refractivity contribution in [3.05, 3.63) is 58.3 Å². The van der Waals surface area contributed by atoms with Gasteiger partial charge in [0, 0.05) is 25.5 Å². The molecule has 0 saturated heterocycles. The molecular formula is C15H11BrOS. The van der Waals surface area contributed by atoms with Crippen LogP contribution in [0, 0.1) is 0 Å². The van der Waals surface area contributed by atoms with E-state index < -0.39 is 0 Å². The lowest BCUT2D eigenvalue weighted by Gasteiger charge is -2.05. The molecule has 90 valence electrons. The van der Waals surface area contributed by atoms with Gasteiger partial charge in [-0.05, 0) is 30.2 Å². The largest absolute Gasteiger partial charge is 0.288 e. The third kappa shape index (κ3) is 1.88. The summed E-state index contributed by atoms with van der Waals surface area (Å²) in [5.41, 5.74) is 1.30. The predicted molar refractivity (Wildman–Crippen MR) is 83.1 cm³/mol. The van der Waals surface area contributed by atoms with Crippen molar-refractivity contribution < 1.29 is 0 Å². The summed E-state index contributed by atoms with van der Waals surface area (Å²) in [7, 11) is 0. The van der Waals surface area contributed by atoms with Crippen LogP contribution in [0.2, 0.25) is 0 Å². The Morgan fingerprint density at radius 3 is 2.61 bits per heavy atom. The average Bonchev–Trinajstić information content (AvgIpc) is 2.39. The van der Waals surface area contributed by atoms with Crippen molar-refractivity contribution in [3.8, 4) is 0 Å². The highest BCUT2D eigenvalue weighted by Crippen LogP contribution is 2.26. The predicted octanol–water partition coefficient (Wildman–Crippen LogP) is 4.35. The first kappa shape index (κ1) is 11.9. The molecular weight excluding hydrogens is 308 g/mol. The fourth-order valence-electron chi connectivity index (χ4n) is 2.23. The van der Waals surface area contributed by atoms with Gasteiger partial charge in [-0.15, -0.1) is 11.3 Å². The third-order valence-electron chi connectivity index (χ3n) is 3.06. The highest BCUT2D eigenvalue weighted by Gasteiger charge is 2.08. The minimum absolute atomic E-state index is 0.163. The molecule has 1 nitrogen and oxygen atoms in total. The van der Waals surface area contributed by atoms with E-state index in [1.165, 1.54) is 0 Å². The minimum Gasteiger partial charge on any atom is -0.288 e. The van der Waals surface area contributed by atoms with Gasteiger partial charge in [-0.3, -0.25) is 4.79 Å². The summed E-state index contributed by atoms with van der Waals surface area (Å²) in [4.78, 5) is 12.6. The molecule has 0 atom stereocenters. The SMILES string of the molecule is O=c1c2ccccc2sc2cccc(CCBr)c12. The van der Waals surface area contributed by atoms with Crippen LogP contribution in [-0.4, -0.2) is 5.33 Å². The van der Waals surface area contributed by atoms with E-state index in [1.54, 1.807) is 11.3 Å². The van der Waals surface area contributed by atoms with Crippen molar-refractivity contribution in [1.29, 1.82) is 0 Å². The molecule has 0 radical (unpaired) electrons. The van der Waals surface area contributed by atoms with Gasteiger partial charge in [0.2, 0.25) is 0 Å². The molecule has 3 aromatic rings. The van der Waals surface area contributed by atoms with Crippen molar-refractivity contribution in [1.82, 2.24) is 0 Å². The van der Waals surface area contributed by atoms with E-state index in [9.17, 15) is 4.79 Å². The number of halogens is 1. The molecule has 0 spiro atoms. The van der Waals surface area contributed by atoms with Crippen LogP contribution in [0.4, 0.5) is 0 Å². The smallest absolute Gasteiger partial charge is 0.196 e. The summed E-state index contributed by atoms with van der Waals surface area (Å²) >= 11 is 5.14. The second-order valence-corrected chi connectivity index (χ2v) is 6.03. The fourth-order valence-corrected chi connectivity index (χ4v) is 3.78. The van der Waals surface area contributed by atoms with Gasteiger partial charge in [0.05, 0.1) is 0 Å². The Kier molecular flexibility index (Phi) is 3.18. The first-order valence-corrected chi connectivity index (χ1v) is 7.74. The van der Waals surface area contributed by atoms with Gasteiger partial charge in [0.25, 0.3) is 0 Å². The van der Waals surface area contributed by atoms with E-state index in [2.05, 4.69) is 15.9 Å². The zero-order chi connectivity index (χ0) is 12.5. The third-order valence-corrected chi connectivity index (χ3v) is 4.59. The maximum atomic E-state index is 12.6. The molecule has 0 bridgehead atoms. The second kappa shape index (κ2) is 4.82. The standard InChI is InChI=1S/C15H11BrOS/c16-9-8-10-4-3-7-13-14(10)15(17)11-5-1-2-6-12(11)18-13/h1-7H,8-9H2. The molecule has 0 aliphatic carbocycles. The summed E-state index contributed by atoms with van der Waals surface area (Å²) in [6, 6.07) is 13.9. The van der Waals surface area contributed by atoms with Crippen molar-refractivity contribution in [2.45, 2.75) is 6.42 Å². The van der Waals surface area contributed by atoms with E-state index in [4.69, 9.17) is 0 Å². The lowest BCUT2D eigenvalue weighted by Crippen LogP contribution is -2.04. The van der Waals surface area contributed by atoms with E-state index in [-0.39, 0.29) is 5.43 Å².